The maximum atomic E-state index is 14.6. The Kier molecular flexibility index (Phi) is 9.17. The van der Waals surface area contributed by atoms with Crippen LogP contribution in [0.2, 0.25) is 0 Å². The predicted octanol–water partition coefficient (Wildman–Crippen LogP) is 4.83. The SMILES string of the molecule is CC(C)(C)OC(=O)N[C@@H]1C(=O)N2[C@@H](C(=O)OC(c3ccccc3)c3ccccc3)C(C(Cc3ccccn3)=C3CCNC3=O)=CS[C@H]12. The molecule has 47 heavy (non-hydrogen) atoms. The maximum absolute atomic E-state index is 14.6. The number of alkyl carbamates (subject to hydrolysis) is 1. The lowest BCUT2D eigenvalue weighted by Gasteiger charge is -2.52. The Balaban J connectivity index is 1.40. The number of nitrogens with zero attached hydrogens (tertiary/aromatic N) is 2. The van der Waals surface area contributed by atoms with Crippen molar-refractivity contribution in [2.45, 2.75) is 62.8 Å². The number of hydrogen-bond donors (Lipinski definition) is 2. The molecule has 0 spiro atoms. The molecule has 2 fully saturated rings. The van der Waals surface area contributed by atoms with Gasteiger partial charge in [-0.2, -0.15) is 0 Å². The van der Waals surface area contributed by atoms with E-state index in [9.17, 15) is 19.2 Å². The van der Waals surface area contributed by atoms with Crippen LogP contribution in [0.1, 0.15) is 50.1 Å². The van der Waals surface area contributed by atoms with E-state index in [2.05, 4.69) is 15.6 Å². The molecule has 3 aliphatic rings. The molecule has 0 saturated carbocycles. The molecule has 6 rings (SSSR count). The number of benzene rings is 2. The summed E-state index contributed by atoms with van der Waals surface area (Å²) in [7, 11) is 0. The van der Waals surface area contributed by atoms with Crippen molar-refractivity contribution >= 4 is 35.6 Å². The Hall–Kier alpha value is -4.90. The first-order chi connectivity index (χ1) is 22.6. The zero-order chi connectivity index (χ0) is 33.1. The molecule has 11 heteroatoms. The number of fused-ring (bicyclic) bond motifs is 1. The van der Waals surface area contributed by atoms with E-state index in [1.54, 1.807) is 27.0 Å². The summed E-state index contributed by atoms with van der Waals surface area (Å²) in [5.41, 5.74) is 3.14. The molecule has 10 nitrogen and oxygen atoms in total. The Bertz CT molecular complexity index is 1680. The van der Waals surface area contributed by atoms with Gasteiger partial charge in [0.1, 0.15) is 17.0 Å². The van der Waals surface area contributed by atoms with Crippen molar-refractivity contribution in [2.24, 2.45) is 0 Å². The Labute approximate surface area is 277 Å². The summed E-state index contributed by atoms with van der Waals surface area (Å²) < 4.78 is 11.7. The third kappa shape index (κ3) is 6.95. The molecule has 0 radical (unpaired) electrons. The van der Waals surface area contributed by atoms with Crippen molar-refractivity contribution in [3.05, 3.63) is 124 Å². The highest BCUT2D eigenvalue weighted by atomic mass is 32.2. The Morgan fingerprint density at radius 2 is 1.66 bits per heavy atom. The zero-order valence-electron chi connectivity index (χ0n) is 26.3. The Morgan fingerprint density at radius 1 is 1.00 bits per heavy atom. The quantitative estimate of drug-likeness (QED) is 0.201. The first kappa shape index (κ1) is 32.1. The number of amides is 3. The molecule has 3 aliphatic heterocycles. The largest absolute Gasteiger partial charge is 0.451 e. The summed E-state index contributed by atoms with van der Waals surface area (Å²) in [6, 6.07) is 22.2. The number of hydrogen-bond acceptors (Lipinski definition) is 8. The summed E-state index contributed by atoms with van der Waals surface area (Å²) in [6.07, 6.45) is 0.926. The highest BCUT2D eigenvalue weighted by Crippen LogP contribution is 2.44. The molecule has 0 aliphatic carbocycles. The first-order valence-electron chi connectivity index (χ1n) is 15.5. The third-order valence-electron chi connectivity index (χ3n) is 8.05. The van der Waals surface area contributed by atoms with E-state index in [4.69, 9.17) is 9.47 Å². The normalized spacial score (nSPS) is 21.7. The van der Waals surface area contributed by atoms with Crippen LogP contribution < -0.4 is 10.6 Å². The van der Waals surface area contributed by atoms with Crippen LogP contribution >= 0.6 is 11.8 Å². The highest BCUT2D eigenvalue weighted by Gasteiger charge is 2.57. The molecule has 1 aromatic heterocycles. The molecule has 3 aromatic rings. The second-order valence-corrected chi connectivity index (χ2v) is 13.5. The van der Waals surface area contributed by atoms with Crippen LogP contribution in [0.15, 0.2) is 107 Å². The van der Waals surface area contributed by atoms with Crippen molar-refractivity contribution in [3.8, 4) is 0 Å². The second kappa shape index (κ2) is 13.4. The first-order valence-corrected chi connectivity index (χ1v) is 16.4. The maximum Gasteiger partial charge on any atom is 0.408 e. The van der Waals surface area contributed by atoms with E-state index in [0.717, 1.165) is 11.1 Å². The van der Waals surface area contributed by atoms with E-state index in [-0.39, 0.29) is 12.3 Å². The number of carbonyl (C=O) groups is 4. The standard InChI is InChI=1S/C36H36N4O6S/c1-36(2,3)46-35(44)39-28-32(42)40-29(34(43)45-30(22-12-6-4-7-13-22)23-14-8-5-9-15-23)27(21-47-33(28)40)26(25-17-19-38-31(25)41)20-24-16-10-11-18-37-24/h4-16,18,21,28-30,33H,17,19-20H2,1-3H3,(H,38,41)(H,39,44)/t28-,29-,33-/m1/s1. The van der Waals surface area contributed by atoms with Gasteiger partial charge in [0, 0.05) is 30.4 Å². The number of ether oxygens (including phenoxy) is 2. The van der Waals surface area contributed by atoms with Crippen molar-refractivity contribution in [1.82, 2.24) is 20.5 Å². The smallest absolute Gasteiger partial charge is 0.408 e. The van der Waals surface area contributed by atoms with Crippen LogP contribution in [-0.4, -0.2) is 63.4 Å². The summed E-state index contributed by atoms with van der Waals surface area (Å²) in [6.45, 7) is 5.68. The fraction of sp³-hybridized carbons (Fsp3) is 0.306. The predicted molar refractivity (Wildman–Crippen MR) is 177 cm³/mol. The number of aromatic nitrogens is 1. The molecule has 2 N–H and O–H groups in total. The van der Waals surface area contributed by atoms with Gasteiger partial charge in [0.25, 0.3) is 0 Å². The molecule has 2 aromatic carbocycles. The van der Waals surface area contributed by atoms with Crippen LogP contribution in [0.5, 0.6) is 0 Å². The number of nitrogens with one attached hydrogen (secondary N) is 2. The van der Waals surface area contributed by atoms with Crippen LogP contribution in [-0.2, 0) is 30.3 Å². The molecular weight excluding hydrogens is 616 g/mol. The van der Waals surface area contributed by atoms with Gasteiger partial charge in [-0.3, -0.25) is 14.6 Å². The van der Waals surface area contributed by atoms with Crippen LogP contribution in [0.25, 0.3) is 0 Å². The van der Waals surface area contributed by atoms with Crippen LogP contribution in [0.3, 0.4) is 0 Å². The molecule has 242 valence electrons. The van der Waals surface area contributed by atoms with Gasteiger partial charge >= 0.3 is 12.1 Å². The van der Waals surface area contributed by atoms with Crippen molar-refractivity contribution in [1.29, 1.82) is 0 Å². The summed E-state index contributed by atoms with van der Waals surface area (Å²) in [5, 5.41) is 6.78. The monoisotopic (exact) mass is 652 g/mol. The number of rotatable bonds is 8. The molecule has 2 saturated heterocycles. The van der Waals surface area contributed by atoms with Crippen LogP contribution in [0, 0.1) is 0 Å². The van der Waals surface area contributed by atoms with Crippen molar-refractivity contribution in [2.75, 3.05) is 6.54 Å². The van der Waals surface area contributed by atoms with E-state index in [1.165, 1.54) is 16.7 Å². The fourth-order valence-corrected chi connectivity index (χ4v) is 7.20. The number of pyridine rings is 1. The van der Waals surface area contributed by atoms with Crippen LogP contribution in [0.4, 0.5) is 4.79 Å². The molecule has 0 bridgehead atoms. The van der Waals surface area contributed by atoms with Gasteiger partial charge < -0.3 is 25.0 Å². The van der Waals surface area contributed by atoms with Crippen molar-refractivity contribution in [3.63, 3.8) is 0 Å². The molecule has 3 atom stereocenters. The van der Waals surface area contributed by atoms with E-state index < -0.39 is 47.1 Å². The lowest BCUT2D eigenvalue weighted by atomic mass is 9.87. The van der Waals surface area contributed by atoms with Gasteiger partial charge in [0.2, 0.25) is 11.8 Å². The Morgan fingerprint density at radius 3 is 2.23 bits per heavy atom. The number of esters is 1. The van der Waals surface area contributed by atoms with Gasteiger partial charge in [0.05, 0.1) is 0 Å². The van der Waals surface area contributed by atoms with Gasteiger partial charge in [-0.1, -0.05) is 66.7 Å². The molecule has 4 heterocycles. The molecular formula is C36H36N4O6S. The van der Waals surface area contributed by atoms with Gasteiger partial charge in [-0.15, -0.1) is 11.8 Å². The summed E-state index contributed by atoms with van der Waals surface area (Å²) in [4.78, 5) is 60.1. The van der Waals surface area contributed by atoms with E-state index in [1.807, 2.05) is 84.3 Å². The molecule has 3 amide bonds. The third-order valence-corrected chi connectivity index (χ3v) is 9.22. The minimum Gasteiger partial charge on any atom is -0.451 e. The van der Waals surface area contributed by atoms with Crippen molar-refractivity contribution < 1.29 is 28.7 Å². The molecule has 0 unspecified atom stereocenters. The van der Waals surface area contributed by atoms with Gasteiger partial charge in [-0.25, -0.2) is 9.59 Å². The number of thioether (sulfide) groups is 1. The number of β-lactam (4-membered cyclic amide) rings is 1. The summed E-state index contributed by atoms with van der Waals surface area (Å²) >= 11 is 1.30. The summed E-state index contributed by atoms with van der Waals surface area (Å²) in [5.74, 6) is -1.32. The highest BCUT2D eigenvalue weighted by molar-refractivity contribution is 8.03. The average molecular weight is 653 g/mol. The average Bonchev–Trinajstić information content (AvgIpc) is 3.50. The lowest BCUT2D eigenvalue weighted by Crippen LogP contribution is -2.74. The van der Waals surface area contributed by atoms with E-state index >= 15 is 0 Å². The fourth-order valence-electron chi connectivity index (χ4n) is 5.95. The van der Waals surface area contributed by atoms with E-state index in [0.29, 0.717) is 35.4 Å². The minimum absolute atomic E-state index is 0.220. The topological polar surface area (TPSA) is 127 Å². The second-order valence-electron chi connectivity index (χ2n) is 12.5. The van der Waals surface area contributed by atoms with Gasteiger partial charge in [0.15, 0.2) is 12.1 Å². The number of carbonyl (C=O) groups excluding carboxylic acids is 4. The van der Waals surface area contributed by atoms with Gasteiger partial charge in [-0.05, 0) is 67.0 Å². The zero-order valence-corrected chi connectivity index (χ0v) is 27.2. The minimum atomic E-state index is -1.18. The lowest BCUT2D eigenvalue weighted by molar-refractivity contribution is -0.164.